The molecule has 0 heterocycles. The van der Waals surface area contributed by atoms with Crippen LogP contribution in [0.25, 0.3) is 0 Å². The molecule has 2 aromatic rings. The Labute approximate surface area is 283 Å². The molecule has 0 N–H and O–H groups in total. The molecule has 256 valence electrons. The Bertz CT molecular complexity index is 1260. The van der Waals surface area contributed by atoms with Gasteiger partial charge >= 0.3 is 0 Å². The van der Waals surface area contributed by atoms with E-state index in [1.807, 2.05) is 57.2 Å². The van der Waals surface area contributed by atoms with Gasteiger partial charge in [-0.25, -0.2) is 0 Å². The maximum absolute atomic E-state index is 13.7. The Balaban J connectivity index is 2.25. The molecule has 0 aliphatic heterocycles. The largest absolute Gasteiger partial charge is 0.414 e. The molecular weight excluding hydrogens is 605 g/mol. The smallest absolute Gasteiger partial charge is 0.210 e. The molecular formula is C39H62O5Si2. The van der Waals surface area contributed by atoms with Gasteiger partial charge in [-0.1, -0.05) is 115 Å². The summed E-state index contributed by atoms with van der Waals surface area (Å²) in [5.74, 6) is 5.84. The van der Waals surface area contributed by atoms with Crippen LogP contribution in [0.3, 0.4) is 0 Å². The number of rotatable bonds is 16. The van der Waals surface area contributed by atoms with Crippen LogP contribution in [0.15, 0.2) is 60.7 Å². The van der Waals surface area contributed by atoms with Gasteiger partial charge < -0.3 is 18.3 Å². The number of benzene rings is 2. The second kappa shape index (κ2) is 16.9. The van der Waals surface area contributed by atoms with Crippen LogP contribution in [0.1, 0.15) is 79.9 Å². The third kappa shape index (κ3) is 12.5. The molecule has 5 nitrogen and oxygen atoms in total. The van der Waals surface area contributed by atoms with E-state index in [2.05, 4.69) is 104 Å². The number of hydrogen-bond acceptors (Lipinski definition) is 5. The van der Waals surface area contributed by atoms with Crippen LogP contribution in [0, 0.1) is 23.2 Å². The summed E-state index contributed by atoms with van der Waals surface area (Å²) in [5.41, 5.74) is 1.60. The first kappa shape index (κ1) is 40.1. The van der Waals surface area contributed by atoms with Crippen LogP contribution in [0.4, 0.5) is 0 Å². The maximum Gasteiger partial charge on any atom is 0.210 e. The molecule has 0 aliphatic carbocycles. The SMILES string of the molecule is C[C@H](C(=O)C#CC(C)(C)[C@@H](CO[Si](C)(C)C(C)(C)C)OCc1ccccc1)[C@@H](CCOCc1ccccc1)O[Si](C)(C)C(C)(C)C. The zero-order chi connectivity index (χ0) is 34.8. The fraction of sp³-hybridized carbons (Fsp3) is 0.615. The van der Waals surface area contributed by atoms with Gasteiger partial charge in [-0.3, -0.25) is 4.79 Å². The van der Waals surface area contributed by atoms with Crippen LogP contribution < -0.4 is 0 Å². The van der Waals surface area contributed by atoms with E-state index in [0.29, 0.717) is 32.8 Å². The van der Waals surface area contributed by atoms with Crippen molar-refractivity contribution in [2.24, 2.45) is 11.3 Å². The minimum atomic E-state index is -2.15. The van der Waals surface area contributed by atoms with E-state index in [0.717, 1.165) is 11.1 Å². The van der Waals surface area contributed by atoms with E-state index >= 15 is 0 Å². The van der Waals surface area contributed by atoms with Crippen molar-refractivity contribution < 1.29 is 23.1 Å². The predicted octanol–water partition coefficient (Wildman–Crippen LogP) is 9.83. The maximum atomic E-state index is 13.7. The van der Waals surface area contributed by atoms with Crippen molar-refractivity contribution >= 4 is 22.4 Å². The molecule has 0 saturated carbocycles. The second-order valence-corrected chi connectivity index (χ2v) is 25.8. The summed E-state index contributed by atoms with van der Waals surface area (Å²) in [7, 11) is -4.18. The van der Waals surface area contributed by atoms with Gasteiger partial charge in [-0.05, 0) is 73.6 Å². The highest BCUT2D eigenvalue weighted by molar-refractivity contribution is 6.74. The van der Waals surface area contributed by atoms with Gasteiger partial charge in [0, 0.05) is 6.61 Å². The molecule has 0 radical (unpaired) electrons. The van der Waals surface area contributed by atoms with Crippen molar-refractivity contribution in [2.45, 2.75) is 130 Å². The zero-order valence-electron chi connectivity index (χ0n) is 31.1. The lowest BCUT2D eigenvalue weighted by atomic mass is 9.86. The summed E-state index contributed by atoms with van der Waals surface area (Å²) in [6, 6.07) is 20.3. The molecule has 0 aromatic heterocycles. The van der Waals surface area contributed by atoms with Gasteiger partial charge in [0.15, 0.2) is 16.6 Å². The molecule has 7 heteroatoms. The lowest BCUT2D eigenvalue weighted by Crippen LogP contribution is -2.47. The minimum Gasteiger partial charge on any atom is -0.414 e. The molecule has 3 atom stereocenters. The van der Waals surface area contributed by atoms with Crippen LogP contribution in [0.5, 0.6) is 0 Å². The average Bonchev–Trinajstić information content (AvgIpc) is 2.96. The quantitative estimate of drug-likeness (QED) is 0.0773. The van der Waals surface area contributed by atoms with Crippen molar-refractivity contribution in [2.75, 3.05) is 13.2 Å². The van der Waals surface area contributed by atoms with Crippen LogP contribution >= 0.6 is 0 Å². The average molecular weight is 667 g/mol. The number of Topliss-reactive ketones (excluding diaryl/α,β-unsaturated/α-hetero) is 1. The molecule has 0 spiro atoms. The zero-order valence-corrected chi connectivity index (χ0v) is 33.1. The molecule has 0 saturated heterocycles. The topological polar surface area (TPSA) is 54.0 Å². The molecule has 0 amide bonds. The first-order valence-electron chi connectivity index (χ1n) is 16.8. The summed E-state index contributed by atoms with van der Waals surface area (Å²) in [4.78, 5) is 13.7. The van der Waals surface area contributed by atoms with E-state index in [1.54, 1.807) is 0 Å². The fourth-order valence-electron chi connectivity index (χ4n) is 4.25. The monoisotopic (exact) mass is 666 g/mol. The van der Waals surface area contributed by atoms with Crippen molar-refractivity contribution in [1.29, 1.82) is 0 Å². The van der Waals surface area contributed by atoms with E-state index in [-0.39, 0.29) is 28.1 Å². The highest BCUT2D eigenvalue weighted by atomic mass is 28.4. The number of ether oxygens (including phenoxy) is 2. The molecule has 0 fully saturated rings. The highest BCUT2D eigenvalue weighted by Crippen LogP contribution is 2.39. The van der Waals surface area contributed by atoms with Gasteiger partial charge in [-0.15, -0.1) is 0 Å². The van der Waals surface area contributed by atoms with E-state index in [9.17, 15) is 4.79 Å². The molecule has 0 bridgehead atoms. The summed E-state index contributed by atoms with van der Waals surface area (Å²) in [6.45, 7) is 30.3. The Kier molecular flexibility index (Phi) is 14.7. The number of carbonyl (C=O) groups excluding carboxylic acids is 1. The second-order valence-electron chi connectivity index (χ2n) is 16.2. The van der Waals surface area contributed by atoms with Gasteiger partial charge in [0.1, 0.15) is 0 Å². The van der Waals surface area contributed by atoms with Crippen LogP contribution in [-0.4, -0.2) is 47.8 Å². The van der Waals surface area contributed by atoms with E-state index in [4.69, 9.17) is 18.3 Å². The lowest BCUT2D eigenvalue weighted by molar-refractivity contribution is -0.120. The number of ketones is 1. The van der Waals surface area contributed by atoms with E-state index in [1.165, 1.54) is 0 Å². The lowest BCUT2D eigenvalue weighted by Gasteiger charge is -2.40. The summed E-state index contributed by atoms with van der Waals surface area (Å²) in [6.07, 6.45) is 0.0252. The fourth-order valence-corrected chi connectivity index (χ4v) is 6.69. The predicted molar refractivity (Wildman–Crippen MR) is 197 cm³/mol. The third-order valence-corrected chi connectivity index (χ3v) is 18.9. The molecule has 0 aliphatic rings. The number of carbonyl (C=O) groups is 1. The summed E-state index contributed by atoms with van der Waals surface area (Å²) < 4.78 is 26.0. The van der Waals surface area contributed by atoms with Crippen molar-refractivity contribution in [3.05, 3.63) is 71.8 Å². The Morgan fingerprint density at radius 3 is 1.76 bits per heavy atom. The Morgan fingerprint density at radius 2 is 1.26 bits per heavy atom. The summed E-state index contributed by atoms with van der Waals surface area (Å²) >= 11 is 0. The van der Waals surface area contributed by atoms with Gasteiger partial charge in [-0.2, -0.15) is 0 Å². The molecule has 2 aromatic carbocycles. The van der Waals surface area contributed by atoms with Gasteiger partial charge in [0.25, 0.3) is 0 Å². The van der Waals surface area contributed by atoms with Gasteiger partial charge in [0.05, 0.1) is 43.4 Å². The first-order chi connectivity index (χ1) is 21.2. The van der Waals surface area contributed by atoms with Gasteiger partial charge in [0.2, 0.25) is 5.78 Å². The molecule has 0 unspecified atom stereocenters. The minimum absolute atomic E-state index is 0.0139. The Morgan fingerprint density at radius 1 is 0.761 bits per heavy atom. The Hall–Kier alpha value is -2.06. The van der Waals surface area contributed by atoms with Crippen molar-refractivity contribution in [1.82, 2.24) is 0 Å². The number of hydrogen-bond donors (Lipinski definition) is 0. The first-order valence-corrected chi connectivity index (χ1v) is 22.6. The third-order valence-electron chi connectivity index (χ3n) is 9.89. The van der Waals surface area contributed by atoms with E-state index < -0.39 is 28.0 Å². The molecule has 2 rings (SSSR count). The highest BCUT2D eigenvalue weighted by Gasteiger charge is 2.42. The van der Waals surface area contributed by atoms with Crippen molar-refractivity contribution in [3.63, 3.8) is 0 Å². The van der Waals surface area contributed by atoms with Crippen molar-refractivity contribution in [3.8, 4) is 11.8 Å². The van der Waals surface area contributed by atoms with Crippen LogP contribution in [-0.2, 0) is 36.3 Å². The summed E-state index contributed by atoms with van der Waals surface area (Å²) in [5, 5.41) is 0.0855. The normalized spacial score (nSPS) is 15.1. The van der Waals surface area contributed by atoms with Crippen LogP contribution in [0.2, 0.25) is 36.3 Å². The standard InChI is InChI=1S/C39H62O5Si2/c1-31(35(44-46(12,13)38(5,6)7)25-27-41-28-32-20-16-14-17-21-32)34(40)24-26-39(8,9)36(30-43-45(10,11)37(2,3)4)42-29-33-22-18-15-19-23-33/h14-23,31,35-36H,25,27-30H2,1-13H3/t31-,35-,36-/m1/s1. The molecule has 46 heavy (non-hydrogen) atoms.